The SMILES string of the molecule is c1ccc2c(c1)Oc1cccc3c1B2c1ccccc1[Si]31c2ccccc2B2c3ccccc3Oc3c(-c4nc(-n5c6ccccc6c6ccccc65)nc(-n5c6ccccc6c6ccccc65)n4)ccc1c32. The number of hydrogen-bond donors (Lipinski definition) is 0. The van der Waals surface area contributed by atoms with Gasteiger partial charge in [0.1, 0.15) is 23.0 Å². The first-order chi connectivity index (χ1) is 36.2. The average molecular weight is 946 g/mol. The summed E-state index contributed by atoms with van der Waals surface area (Å²) in [5, 5.41) is 9.97. The highest BCUT2D eigenvalue weighted by Crippen LogP contribution is 2.39. The Balaban J connectivity index is 0.999. The van der Waals surface area contributed by atoms with Crippen molar-refractivity contribution in [3.8, 4) is 46.3 Å². The van der Waals surface area contributed by atoms with Gasteiger partial charge in [-0.3, -0.25) is 9.13 Å². The standard InChI is InChI=1S/C63H37B2N5O2Si/c1-9-26-47-38(18-1)39-19-2-10-27-48(39)69(47)62-66-61(67-63(68-62)70-49-28-11-3-20-40(49)41-21-4-12-29-50(41)70)42-36-37-57-59-60(42)72-52-31-14-6-23-44(52)65(59)46-25-8-16-34-55(46)73(57)54-33-15-7-24-45(54)64-43-22-5-13-30-51(43)71-53-32-17-35-56(73)58(53)64/h1-37H. The lowest BCUT2D eigenvalue weighted by Gasteiger charge is -2.49. The van der Waals surface area contributed by atoms with Crippen molar-refractivity contribution in [2.75, 3.05) is 0 Å². The lowest BCUT2D eigenvalue weighted by molar-refractivity contribution is 0.488. The molecule has 0 radical (unpaired) electrons. The van der Waals surface area contributed by atoms with Crippen molar-refractivity contribution in [3.63, 3.8) is 0 Å². The predicted molar refractivity (Wildman–Crippen MR) is 300 cm³/mol. The molecule has 336 valence electrons. The molecule has 3 aromatic heterocycles. The molecule has 1 unspecified atom stereocenters. The van der Waals surface area contributed by atoms with Gasteiger partial charge in [0.2, 0.25) is 11.9 Å². The van der Waals surface area contributed by atoms with Crippen molar-refractivity contribution < 1.29 is 9.47 Å². The van der Waals surface area contributed by atoms with Gasteiger partial charge in [-0.05, 0) is 91.1 Å². The molecule has 0 saturated heterocycles. The lowest BCUT2D eigenvalue weighted by atomic mass is 9.35. The first kappa shape index (κ1) is 39.5. The molecular weight excluding hydrogens is 908 g/mol. The summed E-state index contributed by atoms with van der Waals surface area (Å²) in [7, 11) is -3.18. The minimum Gasteiger partial charge on any atom is -0.458 e. The van der Waals surface area contributed by atoms with Crippen LogP contribution in [0.4, 0.5) is 0 Å². The van der Waals surface area contributed by atoms with Crippen molar-refractivity contribution in [1.82, 2.24) is 24.1 Å². The van der Waals surface area contributed by atoms with Crippen molar-refractivity contribution in [1.29, 1.82) is 0 Å². The molecule has 7 heterocycles. The number of ether oxygens (including phenoxy) is 2. The zero-order valence-corrected chi connectivity index (χ0v) is 40.1. The number of fused-ring (bicyclic) bond motifs is 18. The highest BCUT2D eigenvalue weighted by Gasteiger charge is 2.58. The molecule has 10 heteroatoms. The van der Waals surface area contributed by atoms with Gasteiger partial charge in [0.25, 0.3) is 13.4 Å². The fourth-order valence-corrected chi connectivity index (χ4v) is 19.3. The second kappa shape index (κ2) is 14.4. The van der Waals surface area contributed by atoms with Crippen LogP contribution in [0.25, 0.3) is 66.9 Å². The van der Waals surface area contributed by atoms with Gasteiger partial charge >= 0.3 is 0 Å². The highest BCUT2D eigenvalue weighted by molar-refractivity contribution is 7.31. The van der Waals surface area contributed by atoms with E-state index in [0.29, 0.717) is 17.7 Å². The molecule has 4 aliphatic heterocycles. The molecule has 1 spiro atoms. The Morgan fingerprint density at radius 3 is 1.29 bits per heavy atom. The zero-order chi connectivity index (χ0) is 47.5. The third-order valence-electron chi connectivity index (χ3n) is 16.3. The van der Waals surface area contributed by atoms with E-state index in [0.717, 1.165) is 77.6 Å². The van der Waals surface area contributed by atoms with Crippen molar-refractivity contribution >= 4 is 119 Å². The minimum atomic E-state index is -3.18. The van der Waals surface area contributed by atoms with E-state index >= 15 is 0 Å². The lowest BCUT2D eigenvalue weighted by Crippen LogP contribution is -2.93. The maximum Gasteiger partial charge on any atom is 0.250 e. The molecular formula is C63H37B2N5O2Si. The Morgan fingerprint density at radius 1 is 0.329 bits per heavy atom. The quantitative estimate of drug-likeness (QED) is 0.179. The van der Waals surface area contributed by atoms with E-state index in [4.69, 9.17) is 24.4 Å². The topological polar surface area (TPSA) is 67.0 Å². The summed E-state index contributed by atoms with van der Waals surface area (Å²) in [5.74, 6) is 5.03. The normalized spacial score (nSPS) is 15.3. The van der Waals surface area contributed by atoms with Crippen molar-refractivity contribution in [2.24, 2.45) is 0 Å². The van der Waals surface area contributed by atoms with Crippen LogP contribution in [0.15, 0.2) is 224 Å². The molecule has 10 aromatic carbocycles. The Labute approximate surface area is 420 Å². The molecule has 0 amide bonds. The maximum absolute atomic E-state index is 7.48. The Kier molecular flexibility index (Phi) is 7.81. The third-order valence-corrected chi connectivity index (χ3v) is 21.3. The van der Waals surface area contributed by atoms with E-state index < -0.39 is 8.07 Å². The summed E-state index contributed by atoms with van der Waals surface area (Å²) in [4.78, 5) is 16.7. The van der Waals surface area contributed by atoms with Crippen LogP contribution in [0.3, 0.4) is 0 Å². The van der Waals surface area contributed by atoms with Crippen LogP contribution >= 0.6 is 0 Å². The summed E-state index contributed by atoms with van der Waals surface area (Å²) in [5.41, 5.74) is 12.3. The number of aromatic nitrogens is 5. The molecule has 0 saturated carbocycles. The molecule has 0 N–H and O–H groups in total. The van der Waals surface area contributed by atoms with Crippen LogP contribution < -0.4 is 63.0 Å². The molecule has 0 bridgehead atoms. The van der Waals surface area contributed by atoms with Crippen LogP contribution in [0.5, 0.6) is 23.0 Å². The molecule has 7 nitrogen and oxygen atoms in total. The van der Waals surface area contributed by atoms with Gasteiger partial charge in [-0.1, -0.05) is 187 Å². The molecule has 73 heavy (non-hydrogen) atoms. The van der Waals surface area contributed by atoms with Gasteiger partial charge in [-0.2, -0.15) is 15.0 Å². The summed E-state index contributed by atoms with van der Waals surface area (Å²) in [6, 6.07) is 81.2. The predicted octanol–water partition coefficient (Wildman–Crippen LogP) is 6.98. The van der Waals surface area contributed by atoms with Crippen LogP contribution in [0, 0.1) is 0 Å². The van der Waals surface area contributed by atoms with Gasteiger partial charge in [-0.15, -0.1) is 0 Å². The fraction of sp³-hybridized carbons (Fsp3) is 0. The van der Waals surface area contributed by atoms with Crippen LogP contribution in [-0.4, -0.2) is 45.6 Å². The molecule has 0 aliphatic carbocycles. The van der Waals surface area contributed by atoms with Gasteiger partial charge < -0.3 is 9.47 Å². The molecule has 17 rings (SSSR count). The number of nitrogens with zero attached hydrogens (tertiary/aromatic N) is 5. The summed E-state index contributed by atoms with van der Waals surface area (Å²) >= 11 is 0. The smallest absolute Gasteiger partial charge is 0.250 e. The van der Waals surface area contributed by atoms with E-state index in [1.807, 2.05) is 0 Å². The van der Waals surface area contributed by atoms with Crippen molar-refractivity contribution in [2.45, 2.75) is 0 Å². The van der Waals surface area contributed by atoms with E-state index in [-0.39, 0.29) is 13.4 Å². The van der Waals surface area contributed by atoms with E-state index in [1.165, 1.54) is 48.1 Å². The third kappa shape index (κ3) is 5.07. The summed E-state index contributed by atoms with van der Waals surface area (Å²) < 4.78 is 18.8. The maximum atomic E-state index is 7.48. The van der Waals surface area contributed by atoms with Gasteiger partial charge in [-0.25, -0.2) is 0 Å². The first-order valence-corrected chi connectivity index (χ1v) is 27.0. The van der Waals surface area contributed by atoms with Crippen LogP contribution in [-0.2, 0) is 0 Å². The second-order valence-corrected chi connectivity index (χ2v) is 23.3. The molecule has 1 atom stereocenters. The van der Waals surface area contributed by atoms with E-state index in [1.54, 1.807) is 0 Å². The molecule has 0 fully saturated rings. The number of hydrogen-bond acceptors (Lipinski definition) is 5. The largest absolute Gasteiger partial charge is 0.458 e. The monoisotopic (exact) mass is 945 g/mol. The molecule has 13 aromatic rings. The Morgan fingerprint density at radius 2 is 0.740 bits per heavy atom. The van der Waals surface area contributed by atoms with Crippen LogP contribution in [0.2, 0.25) is 0 Å². The fourth-order valence-electron chi connectivity index (χ4n) is 13.6. The first-order valence-electron chi connectivity index (χ1n) is 25.0. The minimum absolute atomic E-state index is 0.0196. The van der Waals surface area contributed by atoms with Crippen molar-refractivity contribution in [3.05, 3.63) is 224 Å². The summed E-state index contributed by atoms with van der Waals surface area (Å²) in [6.45, 7) is -0.104. The van der Waals surface area contributed by atoms with Gasteiger partial charge in [0.05, 0.1) is 27.6 Å². The number of para-hydroxylation sites is 6. The second-order valence-electron chi connectivity index (χ2n) is 19.7. The number of benzene rings is 10. The van der Waals surface area contributed by atoms with Gasteiger partial charge in [0, 0.05) is 21.5 Å². The van der Waals surface area contributed by atoms with E-state index in [2.05, 4.69) is 234 Å². The Hall–Kier alpha value is -9.24. The Bertz CT molecular complexity index is 4330. The zero-order valence-electron chi connectivity index (χ0n) is 39.1. The molecule has 4 aliphatic rings. The highest BCUT2D eigenvalue weighted by atomic mass is 28.3. The van der Waals surface area contributed by atoms with Gasteiger partial charge in [0.15, 0.2) is 13.9 Å². The number of rotatable bonds is 3. The summed E-state index contributed by atoms with van der Waals surface area (Å²) in [6.07, 6.45) is 0. The van der Waals surface area contributed by atoms with Crippen LogP contribution in [0.1, 0.15) is 0 Å². The average Bonchev–Trinajstić information content (AvgIpc) is 4.01. The van der Waals surface area contributed by atoms with E-state index in [9.17, 15) is 0 Å².